The van der Waals surface area contributed by atoms with Crippen molar-refractivity contribution in [3.05, 3.63) is 54.1 Å². The highest BCUT2D eigenvalue weighted by atomic mass is 16.5. The van der Waals surface area contributed by atoms with Gasteiger partial charge in [0.1, 0.15) is 11.9 Å². The van der Waals surface area contributed by atoms with E-state index in [4.69, 9.17) is 4.74 Å². The SMILES string of the molecule is C[C@H]1CN([C@@H](C)CO)C(=O)Cc2cc(NC(=O)Nc3ccccc3)ccc2O[C@@H]1CN(C)CC1CCCCC1. The Hall–Kier alpha value is -3.10. The molecule has 1 heterocycles. The van der Waals surface area contributed by atoms with Gasteiger partial charge in [-0.25, -0.2) is 4.79 Å². The van der Waals surface area contributed by atoms with Crippen LogP contribution >= 0.6 is 0 Å². The van der Waals surface area contributed by atoms with Gasteiger partial charge in [-0.1, -0.05) is 44.4 Å². The van der Waals surface area contributed by atoms with Crippen LogP contribution in [0.2, 0.25) is 0 Å². The molecule has 1 fully saturated rings. The minimum absolute atomic E-state index is 0.0599. The molecule has 0 saturated heterocycles. The van der Waals surface area contributed by atoms with Crippen molar-refractivity contribution < 1.29 is 19.4 Å². The third-order valence-corrected chi connectivity index (χ3v) is 7.99. The van der Waals surface area contributed by atoms with Gasteiger partial charge in [0.15, 0.2) is 0 Å². The predicted octanol–water partition coefficient (Wildman–Crippen LogP) is 4.99. The number of aliphatic hydroxyl groups is 1. The van der Waals surface area contributed by atoms with Crippen molar-refractivity contribution >= 4 is 23.3 Å². The first kappa shape index (κ1) is 28.9. The zero-order valence-electron chi connectivity index (χ0n) is 23.6. The number of para-hydroxylation sites is 1. The topological polar surface area (TPSA) is 94.1 Å². The van der Waals surface area contributed by atoms with E-state index in [0.29, 0.717) is 23.7 Å². The lowest BCUT2D eigenvalue weighted by molar-refractivity contribution is -0.134. The number of urea groups is 1. The smallest absolute Gasteiger partial charge is 0.323 e. The van der Waals surface area contributed by atoms with E-state index < -0.39 is 0 Å². The lowest BCUT2D eigenvalue weighted by Gasteiger charge is -2.35. The van der Waals surface area contributed by atoms with Gasteiger partial charge in [-0.15, -0.1) is 0 Å². The summed E-state index contributed by atoms with van der Waals surface area (Å²) in [7, 11) is 2.16. The lowest BCUT2D eigenvalue weighted by Crippen LogP contribution is -2.48. The van der Waals surface area contributed by atoms with Crippen LogP contribution in [0.5, 0.6) is 5.75 Å². The molecule has 0 spiro atoms. The number of nitrogens with zero attached hydrogens (tertiary/aromatic N) is 2. The molecule has 8 nitrogen and oxygen atoms in total. The standard InChI is InChI=1S/C31H44N4O4/c1-22-18-35(23(2)21-36)30(37)17-25-16-27(33-31(38)32-26-12-8-5-9-13-26)14-15-28(25)39-29(22)20-34(3)19-24-10-6-4-7-11-24/h5,8-9,12-16,22-24,29,36H,4,6-7,10-11,17-21H2,1-3H3,(H2,32,33,38)/t22-,23-,29+/m0/s1. The molecule has 1 aliphatic carbocycles. The summed E-state index contributed by atoms with van der Waals surface area (Å²) in [5, 5.41) is 15.6. The van der Waals surface area contributed by atoms with Crippen LogP contribution in [-0.4, -0.2) is 72.3 Å². The molecule has 2 aromatic carbocycles. The molecule has 2 aliphatic rings. The molecule has 4 rings (SSSR count). The number of anilines is 2. The Labute approximate surface area is 232 Å². The Morgan fingerprint density at radius 1 is 1.08 bits per heavy atom. The first-order valence-corrected chi connectivity index (χ1v) is 14.3. The monoisotopic (exact) mass is 536 g/mol. The summed E-state index contributed by atoms with van der Waals surface area (Å²) in [6.45, 7) is 6.22. The number of hydrogen-bond donors (Lipinski definition) is 3. The van der Waals surface area contributed by atoms with Crippen molar-refractivity contribution in [2.45, 2.75) is 64.5 Å². The van der Waals surface area contributed by atoms with Crippen LogP contribution in [0.1, 0.15) is 51.5 Å². The molecule has 3 N–H and O–H groups in total. The number of nitrogens with one attached hydrogen (secondary N) is 2. The van der Waals surface area contributed by atoms with Gasteiger partial charge in [-0.3, -0.25) is 4.79 Å². The number of hydrogen-bond acceptors (Lipinski definition) is 5. The molecule has 39 heavy (non-hydrogen) atoms. The molecule has 0 radical (unpaired) electrons. The number of amides is 3. The van der Waals surface area contributed by atoms with Gasteiger partial charge in [0.05, 0.1) is 19.1 Å². The van der Waals surface area contributed by atoms with Crippen LogP contribution in [0.4, 0.5) is 16.2 Å². The van der Waals surface area contributed by atoms with Crippen molar-refractivity contribution in [2.75, 3.05) is 43.9 Å². The van der Waals surface area contributed by atoms with Crippen molar-refractivity contribution in [3.8, 4) is 5.75 Å². The van der Waals surface area contributed by atoms with E-state index in [9.17, 15) is 14.7 Å². The molecule has 1 saturated carbocycles. The van der Waals surface area contributed by atoms with Crippen molar-refractivity contribution in [1.82, 2.24) is 9.80 Å². The maximum Gasteiger partial charge on any atom is 0.323 e. The lowest BCUT2D eigenvalue weighted by atomic mass is 9.89. The van der Waals surface area contributed by atoms with Gasteiger partial charge in [-0.2, -0.15) is 0 Å². The highest BCUT2D eigenvalue weighted by Crippen LogP contribution is 2.30. The largest absolute Gasteiger partial charge is 0.488 e. The Morgan fingerprint density at radius 2 is 1.79 bits per heavy atom. The Balaban J connectivity index is 1.53. The normalized spacial score (nSPS) is 21.3. The fourth-order valence-corrected chi connectivity index (χ4v) is 5.73. The fraction of sp³-hybridized carbons (Fsp3) is 0.548. The molecular weight excluding hydrogens is 492 g/mol. The quantitative estimate of drug-likeness (QED) is 0.442. The second kappa shape index (κ2) is 13.8. The minimum atomic E-state index is -0.358. The highest BCUT2D eigenvalue weighted by molar-refractivity contribution is 5.99. The first-order chi connectivity index (χ1) is 18.8. The molecule has 2 aromatic rings. The van der Waals surface area contributed by atoms with Crippen molar-refractivity contribution in [1.29, 1.82) is 0 Å². The third-order valence-electron chi connectivity index (χ3n) is 7.99. The van der Waals surface area contributed by atoms with E-state index in [-0.39, 0.29) is 43.0 Å². The van der Waals surface area contributed by atoms with Gasteiger partial charge < -0.3 is 30.3 Å². The van der Waals surface area contributed by atoms with Crippen molar-refractivity contribution in [3.63, 3.8) is 0 Å². The van der Waals surface area contributed by atoms with E-state index in [1.54, 1.807) is 4.90 Å². The molecule has 1 aliphatic heterocycles. The molecule has 0 unspecified atom stereocenters. The molecule has 3 atom stereocenters. The van der Waals surface area contributed by atoms with E-state index in [2.05, 4.69) is 29.5 Å². The average Bonchev–Trinajstić information content (AvgIpc) is 2.97. The Morgan fingerprint density at radius 3 is 2.51 bits per heavy atom. The number of likely N-dealkylation sites (N-methyl/N-ethyl adjacent to an activating group) is 1. The third kappa shape index (κ3) is 8.19. The van der Waals surface area contributed by atoms with Crippen LogP contribution < -0.4 is 15.4 Å². The zero-order valence-corrected chi connectivity index (χ0v) is 23.6. The minimum Gasteiger partial charge on any atom is -0.488 e. The number of rotatable bonds is 8. The second-order valence-corrected chi connectivity index (χ2v) is 11.4. The summed E-state index contributed by atoms with van der Waals surface area (Å²) < 4.78 is 6.64. The van der Waals surface area contributed by atoms with Crippen LogP contribution in [0.3, 0.4) is 0 Å². The van der Waals surface area contributed by atoms with Crippen molar-refractivity contribution in [2.24, 2.45) is 11.8 Å². The number of fused-ring (bicyclic) bond motifs is 1. The highest BCUT2D eigenvalue weighted by Gasteiger charge is 2.31. The van der Waals surface area contributed by atoms with Crippen LogP contribution in [0.15, 0.2) is 48.5 Å². The molecule has 212 valence electrons. The first-order valence-electron chi connectivity index (χ1n) is 14.3. The number of carbonyl (C=O) groups excluding carboxylic acids is 2. The Kier molecular flexibility index (Phi) is 10.2. The molecule has 0 bridgehead atoms. The zero-order chi connectivity index (χ0) is 27.8. The van der Waals surface area contributed by atoms with Crippen LogP contribution in [0.25, 0.3) is 0 Å². The number of benzene rings is 2. The number of carbonyl (C=O) groups is 2. The molecule has 3 amide bonds. The van der Waals surface area contributed by atoms with Gasteiger partial charge in [0.2, 0.25) is 5.91 Å². The predicted molar refractivity (Wildman–Crippen MR) is 155 cm³/mol. The van der Waals surface area contributed by atoms with Crippen LogP contribution in [-0.2, 0) is 11.2 Å². The maximum absolute atomic E-state index is 13.4. The molecular formula is C31H44N4O4. The Bertz CT molecular complexity index is 1090. The second-order valence-electron chi connectivity index (χ2n) is 11.4. The summed E-state index contributed by atoms with van der Waals surface area (Å²) in [5.74, 6) is 1.40. The van der Waals surface area contributed by atoms with Gasteiger partial charge in [-0.05, 0) is 63.1 Å². The van der Waals surface area contributed by atoms with Crippen LogP contribution in [0, 0.1) is 11.8 Å². The summed E-state index contributed by atoms with van der Waals surface area (Å²) in [6.07, 6.45) is 6.56. The van der Waals surface area contributed by atoms with E-state index in [0.717, 1.165) is 24.6 Å². The summed E-state index contributed by atoms with van der Waals surface area (Å²) >= 11 is 0. The summed E-state index contributed by atoms with van der Waals surface area (Å²) in [4.78, 5) is 30.2. The van der Waals surface area contributed by atoms with Gasteiger partial charge >= 0.3 is 6.03 Å². The van der Waals surface area contributed by atoms with Gasteiger partial charge in [0, 0.05) is 42.5 Å². The van der Waals surface area contributed by atoms with E-state index in [1.807, 2.05) is 55.5 Å². The number of aliphatic hydroxyl groups excluding tert-OH is 1. The fourth-order valence-electron chi connectivity index (χ4n) is 5.73. The van der Waals surface area contributed by atoms with Gasteiger partial charge in [0.25, 0.3) is 0 Å². The summed E-state index contributed by atoms with van der Waals surface area (Å²) in [6, 6.07) is 14.1. The van der Waals surface area contributed by atoms with E-state index >= 15 is 0 Å². The maximum atomic E-state index is 13.4. The van der Waals surface area contributed by atoms with E-state index in [1.165, 1.54) is 32.1 Å². The molecule has 8 heteroatoms. The molecule has 0 aromatic heterocycles. The number of ether oxygens (including phenoxy) is 1. The summed E-state index contributed by atoms with van der Waals surface area (Å²) in [5.41, 5.74) is 2.00. The average molecular weight is 537 g/mol.